The van der Waals surface area contributed by atoms with Crippen LogP contribution >= 0.6 is 0 Å². The van der Waals surface area contributed by atoms with Crippen molar-refractivity contribution >= 4 is 11.7 Å². The van der Waals surface area contributed by atoms with Crippen molar-refractivity contribution in [1.82, 2.24) is 10.5 Å². The van der Waals surface area contributed by atoms with E-state index in [1.165, 1.54) is 6.07 Å². The Hall–Kier alpha value is -2.81. The van der Waals surface area contributed by atoms with Gasteiger partial charge in [0.1, 0.15) is 12.4 Å². The van der Waals surface area contributed by atoms with Gasteiger partial charge in [-0.2, -0.15) is 0 Å². The molecule has 2 aromatic rings. The van der Waals surface area contributed by atoms with Gasteiger partial charge in [-0.3, -0.25) is 9.59 Å². The molecule has 3 aliphatic rings. The molecular formula is C22H24F2N2O5. The first kappa shape index (κ1) is 21.4. The number of hydrogen-bond donors (Lipinski definition) is 2. The van der Waals surface area contributed by atoms with Crippen molar-refractivity contribution in [3.63, 3.8) is 0 Å². The fourth-order valence-corrected chi connectivity index (χ4v) is 4.77. The topological polar surface area (TPSA) is 102 Å². The Balaban J connectivity index is 1.34. The average molecular weight is 434 g/mol. The minimum Gasteiger partial charge on any atom is -0.486 e. The minimum atomic E-state index is -1.04. The summed E-state index contributed by atoms with van der Waals surface area (Å²) in [6, 6.07) is 4.65. The number of halogens is 2. The highest BCUT2D eigenvalue weighted by Crippen LogP contribution is 2.54. The van der Waals surface area contributed by atoms with E-state index in [4.69, 9.17) is 9.26 Å². The second-order valence-corrected chi connectivity index (χ2v) is 8.73. The highest BCUT2D eigenvalue weighted by Gasteiger charge is 2.55. The zero-order chi connectivity index (χ0) is 22.2. The summed E-state index contributed by atoms with van der Waals surface area (Å²) in [6.07, 6.45) is 2.17. The van der Waals surface area contributed by atoms with Gasteiger partial charge in [0, 0.05) is 29.5 Å². The van der Waals surface area contributed by atoms with Gasteiger partial charge in [-0.15, -0.1) is 0 Å². The lowest BCUT2D eigenvalue weighted by Gasteiger charge is -2.56. The molecule has 0 saturated heterocycles. The van der Waals surface area contributed by atoms with Crippen LogP contribution in [0.2, 0.25) is 0 Å². The molecule has 3 aliphatic carbocycles. The minimum absolute atomic E-state index is 0.0713. The molecular weight excluding hydrogens is 410 g/mol. The maximum Gasteiger partial charge on any atom is 0.290 e. The molecule has 1 aromatic carbocycles. The third-order valence-electron chi connectivity index (χ3n) is 6.56. The number of aliphatic hydroxyl groups excluding tert-OH is 1. The van der Waals surface area contributed by atoms with Crippen molar-refractivity contribution in [2.45, 2.75) is 57.1 Å². The first-order valence-electron chi connectivity index (χ1n) is 10.2. The Bertz CT molecular complexity index is 998. The van der Waals surface area contributed by atoms with Crippen LogP contribution in [0.4, 0.5) is 8.78 Å². The Morgan fingerprint density at radius 2 is 1.97 bits per heavy atom. The van der Waals surface area contributed by atoms with Gasteiger partial charge in [0.25, 0.3) is 5.91 Å². The second-order valence-electron chi connectivity index (χ2n) is 8.73. The SMILES string of the molecule is Cc1cc(C(=O)NC23CCC(CC(=O)COc4ccc(F)c(F)c4)(CC2)C(O)C3)on1. The van der Waals surface area contributed by atoms with Crippen LogP contribution in [0.1, 0.15) is 54.8 Å². The lowest BCUT2D eigenvalue weighted by Crippen LogP contribution is -2.62. The molecule has 1 heterocycles. The fraction of sp³-hybridized carbons (Fsp3) is 0.500. The summed E-state index contributed by atoms with van der Waals surface area (Å²) in [5.41, 5.74) is -0.494. The Morgan fingerprint density at radius 3 is 2.58 bits per heavy atom. The number of amides is 1. The van der Waals surface area contributed by atoms with Gasteiger partial charge >= 0.3 is 0 Å². The highest BCUT2D eigenvalue weighted by molar-refractivity contribution is 5.92. The van der Waals surface area contributed by atoms with E-state index in [2.05, 4.69) is 10.5 Å². The number of hydrogen-bond acceptors (Lipinski definition) is 6. The van der Waals surface area contributed by atoms with E-state index >= 15 is 0 Å². The highest BCUT2D eigenvalue weighted by atomic mass is 19.2. The lowest BCUT2D eigenvalue weighted by atomic mass is 9.54. The summed E-state index contributed by atoms with van der Waals surface area (Å²) in [5.74, 6) is -2.41. The van der Waals surface area contributed by atoms with Gasteiger partial charge in [-0.05, 0) is 51.2 Å². The van der Waals surface area contributed by atoms with Gasteiger partial charge < -0.3 is 19.7 Å². The molecule has 1 atom stereocenters. The molecule has 7 nitrogen and oxygen atoms in total. The number of aromatic nitrogens is 1. The number of nitrogens with zero attached hydrogens (tertiary/aromatic N) is 1. The molecule has 1 unspecified atom stereocenters. The molecule has 5 rings (SSSR count). The van der Waals surface area contributed by atoms with Crippen LogP contribution in [0.5, 0.6) is 5.75 Å². The van der Waals surface area contributed by atoms with Crippen LogP contribution < -0.4 is 10.1 Å². The van der Waals surface area contributed by atoms with Gasteiger partial charge in [0.2, 0.25) is 5.76 Å². The maximum atomic E-state index is 13.3. The standard InChI is InChI=1S/C22H24F2N2O5/c1-13-8-18(31-26-13)20(29)25-22-6-4-21(5-7-22,19(28)11-22)10-14(27)12-30-15-2-3-16(23)17(24)9-15/h2-3,8-9,19,28H,4-7,10-12H2,1H3,(H,25,29). The van der Waals surface area contributed by atoms with E-state index in [0.29, 0.717) is 37.8 Å². The Kier molecular flexibility index (Phi) is 5.55. The molecule has 2 bridgehead atoms. The summed E-state index contributed by atoms with van der Waals surface area (Å²) < 4.78 is 36.6. The zero-order valence-corrected chi connectivity index (χ0v) is 17.1. The molecule has 0 aliphatic heterocycles. The molecule has 0 radical (unpaired) electrons. The van der Waals surface area contributed by atoms with Crippen LogP contribution in [0.25, 0.3) is 0 Å². The van der Waals surface area contributed by atoms with Crippen molar-refractivity contribution in [3.05, 3.63) is 47.4 Å². The number of Topliss-reactive ketones (excluding diaryl/α,β-unsaturated/α-hetero) is 1. The van der Waals surface area contributed by atoms with E-state index in [9.17, 15) is 23.5 Å². The van der Waals surface area contributed by atoms with Crippen LogP contribution in [0.15, 0.2) is 28.8 Å². The van der Waals surface area contributed by atoms with Gasteiger partial charge in [-0.1, -0.05) is 5.16 Å². The summed E-state index contributed by atoms with van der Waals surface area (Å²) in [4.78, 5) is 25.0. The molecule has 9 heteroatoms. The molecule has 31 heavy (non-hydrogen) atoms. The maximum absolute atomic E-state index is 13.3. The molecule has 0 spiro atoms. The van der Waals surface area contributed by atoms with Crippen molar-refractivity contribution < 1.29 is 32.7 Å². The normalized spacial score (nSPS) is 27.2. The predicted molar refractivity (Wildman–Crippen MR) is 104 cm³/mol. The van der Waals surface area contributed by atoms with Crippen LogP contribution in [0, 0.1) is 24.0 Å². The van der Waals surface area contributed by atoms with E-state index < -0.39 is 28.7 Å². The molecule has 2 N–H and O–H groups in total. The number of fused-ring (bicyclic) bond motifs is 3. The third kappa shape index (κ3) is 4.32. The molecule has 1 aromatic heterocycles. The average Bonchev–Trinajstić information content (AvgIpc) is 3.17. The van der Waals surface area contributed by atoms with Gasteiger partial charge in [0.05, 0.1) is 11.8 Å². The molecule has 3 saturated carbocycles. The number of carbonyl (C=O) groups is 2. The van der Waals surface area contributed by atoms with E-state index in [1.54, 1.807) is 13.0 Å². The quantitative estimate of drug-likeness (QED) is 0.695. The second kappa shape index (κ2) is 8.03. The van der Waals surface area contributed by atoms with Gasteiger partial charge in [-0.25, -0.2) is 8.78 Å². The molecule has 1 amide bonds. The van der Waals surface area contributed by atoms with E-state index in [0.717, 1.165) is 12.1 Å². The number of ether oxygens (including phenoxy) is 1. The van der Waals surface area contributed by atoms with Crippen molar-refractivity contribution in [3.8, 4) is 5.75 Å². The monoisotopic (exact) mass is 434 g/mol. The van der Waals surface area contributed by atoms with E-state index in [1.807, 2.05) is 0 Å². The first-order valence-corrected chi connectivity index (χ1v) is 10.2. The number of benzene rings is 1. The van der Waals surface area contributed by atoms with Crippen molar-refractivity contribution in [1.29, 1.82) is 0 Å². The largest absolute Gasteiger partial charge is 0.486 e. The molecule has 3 fully saturated rings. The number of aliphatic hydroxyl groups is 1. The van der Waals surface area contributed by atoms with Crippen LogP contribution in [-0.2, 0) is 4.79 Å². The number of rotatable bonds is 7. The number of ketones is 1. The summed E-state index contributed by atoms with van der Waals surface area (Å²) in [5, 5.41) is 17.6. The Labute approximate surface area is 177 Å². The number of carbonyl (C=O) groups excluding carboxylic acids is 2. The lowest BCUT2D eigenvalue weighted by molar-refractivity contribution is -0.135. The van der Waals surface area contributed by atoms with Crippen LogP contribution in [-0.4, -0.2) is 40.2 Å². The Morgan fingerprint density at radius 1 is 1.23 bits per heavy atom. The summed E-state index contributed by atoms with van der Waals surface area (Å²) in [7, 11) is 0. The summed E-state index contributed by atoms with van der Waals surface area (Å²) in [6.45, 7) is 1.44. The van der Waals surface area contributed by atoms with Gasteiger partial charge in [0.15, 0.2) is 17.4 Å². The smallest absolute Gasteiger partial charge is 0.290 e. The zero-order valence-electron chi connectivity index (χ0n) is 17.1. The number of nitrogens with one attached hydrogen (secondary N) is 1. The van der Waals surface area contributed by atoms with Crippen molar-refractivity contribution in [2.75, 3.05) is 6.61 Å². The van der Waals surface area contributed by atoms with Crippen LogP contribution in [0.3, 0.4) is 0 Å². The number of aryl methyl sites for hydroxylation is 1. The predicted octanol–water partition coefficient (Wildman–Crippen LogP) is 3.09. The third-order valence-corrected chi connectivity index (χ3v) is 6.56. The first-order chi connectivity index (χ1) is 14.7. The van der Waals surface area contributed by atoms with E-state index in [-0.39, 0.29) is 36.2 Å². The van der Waals surface area contributed by atoms with Crippen molar-refractivity contribution in [2.24, 2.45) is 5.41 Å². The summed E-state index contributed by atoms with van der Waals surface area (Å²) >= 11 is 0. The fourth-order valence-electron chi connectivity index (χ4n) is 4.77. The molecule has 166 valence electrons.